The van der Waals surface area contributed by atoms with Gasteiger partial charge in [0.25, 0.3) is 5.91 Å². The maximum absolute atomic E-state index is 12.1. The highest BCUT2D eigenvalue weighted by Gasteiger charge is 2.20. The normalized spacial score (nSPS) is 13.5. The van der Waals surface area contributed by atoms with Gasteiger partial charge in [0.15, 0.2) is 17.6 Å². The van der Waals surface area contributed by atoms with Crippen molar-refractivity contribution in [1.29, 1.82) is 0 Å². The molecule has 4 heteroatoms. The molecule has 0 fully saturated rings. The van der Waals surface area contributed by atoms with E-state index in [1.54, 1.807) is 13.2 Å². The molecule has 1 N–H and O–H groups in total. The molecule has 0 aliphatic rings. The second-order valence-electron chi connectivity index (χ2n) is 4.48. The highest BCUT2D eigenvalue weighted by atomic mass is 16.5. The summed E-state index contributed by atoms with van der Waals surface area (Å²) in [6.45, 7) is 5.94. The predicted molar refractivity (Wildman–Crippen MR) is 75.6 cm³/mol. The van der Waals surface area contributed by atoms with Gasteiger partial charge in [-0.1, -0.05) is 26.0 Å². The molecule has 0 aliphatic carbocycles. The first-order valence-electron chi connectivity index (χ1n) is 6.72. The average Bonchev–Trinajstić information content (AvgIpc) is 2.44. The summed E-state index contributed by atoms with van der Waals surface area (Å²) in [7, 11) is 1.59. The van der Waals surface area contributed by atoms with Crippen molar-refractivity contribution >= 4 is 5.91 Å². The Hall–Kier alpha value is -1.71. The van der Waals surface area contributed by atoms with E-state index < -0.39 is 6.10 Å². The molecule has 0 aliphatic heterocycles. The summed E-state index contributed by atoms with van der Waals surface area (Å²) in [5.74, 6) is 1.15. The molecule has 106 valence electrons. The number of ether oxygens (including phenoxy) is 2. The fraction of sp³-hybridized carbons (Fsp3) is 0.533. The number of methoxy groups -OCH3 is 1. The summed E-state index contributed by atoms with van der Waals surface area (Å²) in [4.78, 5) is 12.1. The van der Waals surface area contributed by atoms with Crippen molar-refractivity contribution in [3.63, 3.8) is 0 Å². The van der Waals surface area contributed by atoms with Crippen LogP contribution in [0.5, 0.6) is 11.5 Å². The van der Waals surface area contributed by atoms with Crippen LogP contribution >= 0.6 is 0 Å². The average molecular weight is 265 g/mol. The lowest BCUT2D eigenvalue weighted by atomic mass is 10.2. The minimum Gasteiger partial charge on any atom is -0.493 e. The Balaban J connectivity index is 2.73. The minimum absolute atomic E-state index is 0.0808. The second-order valence-corrected chi connectivity index (χ2v) is 4.48. The number of hydrogen-bond acceptors (Lipinski definition) is 3. The van der Waals surface area contributed by atoms with E-state index in [-0.39, 0.29) is 11.9 Å². The number of rotatable bonds is 7. The predicted octanol–water partition coefficient (Wildman–Crippen LogP) is 2.77. The molecule has 2 atom stereocenters. The van der Waals surface area contributed by atoms with E-state index in [2.05, 4.69) is 5.32 Å². The number of carbonyl (C=O) groups is 1. The molecule has 0 saturated carbocycles. The van der Waals surface area contributed by atoms with Gasteiger partial charge in [-0.3, -0.25) is 4.79 Å². The van der Waals surface area contributed by atoms with Gasteiger partial charge in [0.05, 0.1) is 7.11 Å². The van der Waals surface area contributed by atoms with Gasteiger partial charge >= 0.3 is 0 Å². The summed E-state index contributed by atoms with van der Waals surface area (Å²) >= 11 is 0. The van der Waals surface area contributed by atoms with Crippen molar-refractivity contribution in [3.8, 4) is 11.5 Å². The van der Waals surface area contributed by atoms with E-state index >= 15 is 0 Å². The largest absolute Gasteiger partial charge is 0.493 e. The molecule has 1 aromatic carbocycles. The topological polar surface area (TPSA) is 47.6 Å². The second kappa shape index (κ2) is 7.67. The Bertz CT molecular complexity index is 406. The van der Waals surface area contributed by atoms with E-state index in [4.69, 9.17) is 9.47 Å². The van der Waals surface area contributed by atoms with Crippen LogP contribution < -0.4 is 14.8 Å². The Morgan fingerprint density at radius 2 is 1.84 bits per heavy atom. The van der Waals surface area contributed by atoms with E-state index in [0.29, 0.717) is 17.9 Å². The highest BCUT2D eigenvalue weighted by molar-refractivity contribution is 5.81. The summed E-state index contributed by atoms with van der Waals surface area (Å²) in [5, 5.41) is 2.93. The zero-order valence-corrected chi connectivity index (χ0v) is 12.1. The Morgan fingerprint density at radius 1 is 1.21 bits per heavy atom. The monoisotopic (exact) mass is 265 g/mol. The van der Waals surface area contributed by atoms with Gasteiger partial charge in [0.1, 0.15) is 0 Å². The molecule has 0 spiro atoms. The smallest absolute Gasteiger partial charge is 0.261 e. The van der Waals surface area contributed by atoms with Crippen LogP contribution in [-0.4, -0.2) is 25.2 Å². The lowest BCUT2D eigenvalue weighted by Gasteiger charge is -2.20. The zero-order chi connectivity index (χ0) is 14.3. The minimum atomic E-state index is -0.495. The third-order valence-electron chi connectivity index (χ3n) is 3.00. The molecule has 0 radical (unpaired) electrons. The van der Waals surface area contributed by atoms with Crippen LogP contribution in [0.15, 0.2) is 24.3 Å². The first-order chi connectivity index (χ1) is 9.12. The number of benzene rings is 1. The number of para-hydroxylation sites is 2. The molecule has 1 aromatic rings. The van der Waals surface area contributed by atoms with Crippen molar-refractivity contribution in [2.45, 2.75) is 45.8 Å². The number of amides is 1. The van der Waals surface area contributed by atoms with Gasteiger partial charge in [-0.05, 0) is 31.9 Å². The maximum Gasteiger partial charge on any atom is 0.261 e. The number of carbonyl (C=O) groups excluding carboxylic acids is 1. The van der Waals surface area contributed by atoms with Gasteiger partial charge in [-0.15, -0.1) is 0 Å². The van der Waals surface area contributed by atoms with E-state index in [9.17, 15) is 4.79 Å². The third-order valence-corrected chi connectivity index (χ3v) is 3.00. The van der Waals surface area contributed by atoms with Crippen molar-refractivity contribution in [2.24, 2.45) is 0 Å². The van der Waals surface area contributed by atoms with Crippen molar-refractivity contribution in [2.75, 3.05) is 7.11 Å². The quantitative estimate of drug-likeness (QED) is 0.824. The van der Waals surface area contributed by atoms with Crippen LogP contribution in [0.3, 0.4) is 0 Å². The van der Waals surface area contributed by atoms with Crippen LogP contribution in [0.1, 0.15) is 33.6 Å². The van der Waals surface area contributed by atoms with E-state index in [1.807, 2.05) is 39.0 Å². The van der Waals surface area contributed by atoms with Crippen LogP contribution in [0.2, 0.25) is 0 Å². The van der Waals surface area contributed by atoms with E-state index in [0.717, 1.165) is 6.42 Å². The highest BCUT2D eigenvalue weighted by Crippen LogP contribution is 2.27. The molecule has 19 heavy (non-hydrogen) atoms. The molecular formula is C15H23NO3. The number of hydrogen-bond donors (Lipinski definition) is 1. The first-order valence-corrected chi connectivity index (χ1v) is 6.72. The van der Waals surface area contributed by atoms with E-state index in [1.165, 1.54) is 0 Å². The standard InChI is InChI=1S/C15H23NO3/c1-5-11(3)16-15(17)12(6-2)19-14-10-8-7-9-13(14)18-4/h7-12H,5-6H2,1-4H3,(H,16,17)/t11-,12-/m1/s1. The van der Waals surface area contributed by atoms with Crippen LogP contribution in [-0.2, 0) is 4.79 Å². The first kappa shape index (κ1) is 15.3. The zero-order valence-electron chi connectivity index (χ0n) is 12.1. The molecule has 4 nitrogen and oxygen atoms in total. The Morgan fingerprint density at radius 3 is 2.37 bits per heavy atom. The molecule has 1 rings (SSSR count). The molecule has 0 bridgehead atoms. The summed E-state index contributed by atoms with van der Waals surface area (Å²) in [6.07, 6.45) is 1.02. The number of nitrogens with one attached hydrogen (secondary N) is 1. The lowest BCUT2D eigenvalue weighted by Crippen LogP contribution is -2.42. The van der Waals surface area contributed by atoms with Gasteiger partial charge < -0.3 is 14.8 Å². The third kappa shape index (κ3) is 4.47. The van der Waals surface area contributed by atoms with Gasteiger partial charge in [0, 0.05) is 6.04 Å². The van der Waals surface area contributed by atoms with Crippen LogP contribution in [0, 0.1) is 0 Å². The van der Waals surface area contributed by atoms with Gasteiger partial charge in [-0.2, -0.15) is 0 Å². The lowest BCUT2D eigenvalue weighted by molar-refractivity contribution is -0.128. The van der Waals surface area contributed by atoms with Crippen LogP contribution in [0.4, 0.5) is 0 Å². The Labute approximate surface area is 115 Å². The van der Waals surface area contributed by atoms with Gasteiger partial charge in [0.2, 0.25) is 0 Å². The van der Waals surface area contributed by atoms with Gasteiger partial charge in [-0.25, -0.2) is 0 Å². The fourth-order valence-corrected chi connectivity index (χ4v) is 1.63. The SMILES string of the molecule is CC[C@@H](C)NC(=O)[C@@H](CC)Oc1ccccc1OC. The summed E-state index contributed by atoms with van der Waals surface area (Å²) in [6, 6.07) is 7.50. The molecule has 1 amide bonds. The molecule has 0 heterocycles. The Kier molecular flexibility index (Phi) is 6.19. The molecule has 0 unspecified atom stereocenters. The molecule has 0 aromatic heterocycles. The summed E-state index contributed by atoms with van der Waals surface area (Å²) in [5.41, 5.74) is 0. The fourth-order valence-electron chi connectivity index (χ4n) is 1.63. The van der Waals surface area contributed by atoms with Crippen molar-refractivity contribution in [1.82, 2.24) is 5.32 Å². The molecule has 0 saturated heterocycles. The van der Waals surface area contributed by atoms with Crippen molar-refractivity contribution < 1.29 is 14.3 Å². The maximum atomic E-state index is 12.1. The van der Waals surface area contributed by atoms with Crippen LogP contribution in [0.25, 0.3) is 0 Å². The molecular weight excluding hydrogens is 242 g/mol. The summed E-state index contributed by atoms with van der Waals surface area (Å²) < 4.78 is 11.0. The van der Waals surface area contributed by atoms with Crippen molar-refractivity contribution in [3.05, 3.63) is 24.3 Å².